The van der Waals surface area contributed by atoms with Crippen molar-refractivity contribution in [1.82, 2.24) is 4.90 Å². The van der Waals surface area contributed by atoms with Crippen LogP contribution in [-0.2, 0) is 6.54 Å². The predicted molar refractivity (Wildman–Crippen MR) is 98.1 cm³/mol. The maximum atomic E-state index is 12.7. The molecule has 2 rings (SSSR count). The van der Waals surface area contributed by atoms with Crippen LogP contribution in [-0.4, -0.2) is 17.4 Å². The molecule has 2 aromatic carbocycles. The first-order valence-corrected chi connectivity index (χ1v) is 8.47. The van der Waals surface area contributed by atoms with Gasteiger partial charge < -0.3 is 10.6 Å². The van der Waals surface area contributed by atoms with Crippen LogP contribution in [0.15, 0.2) is 46.9 Å². The molecule has 0 atom stereocenters. The molecule has 0 saturated carbocycles. The molecule has 0 fully saturated rings. The van der Waals surface area contributed by atoms with E-state index in [1.165, 1.54) is 0 Å². The SMILES string of the molecule is CCN(Cc1cccc(N)c1)C(=O)c1cc(Br)ccc1I. The number of nitrogens with two attached hydrogens (primary N) is 1. The Morgan fingerprint density at radius 2 is 2.05 bits per heavy atom. The van der Waals surface area contributed by atoms with E-state index in [-0.39, 0.29) is 5.91 Å². The first kappa shape index (κ1) is 16.3. The number of carbonyl (C=O) groups excluding carboxylic acids is 1. The van der Waals surface area contributed by atoms with Gasteiger partial charge in [-0.3, -0.25) is 4.79 Å². The lowest BCUT2D eigenvalue weighted by Crippen LogP contribution is -2.30. The van der Waals surface area contributed by atoms with Gasteiger partial charge in [-0.05, 0) is 65.4 Å². The molecule has 2 N–H and O–H groups in total. The van der Waals surface area contributed by atoms with Crippen LogP contribution >= 0.6 is 38.5 Å². The number of anilines is 1. The number of nitrogen functional groups attached to an aromatic ring is 1. The summed E-state index contributed by atoms with van der Waals surface area (Å²) in [6.45, 7) is 3.19. The molecule has 0 heterocycles. The molecule has 0 aliphatic heterocycles. The molecule has 0 aliphatic rings. The highest BCUT2D eigenvalue weighted by Crippen LogP contribution is 2.21. The van der Waals surface area contributed by atoms with Crippen molar-refractivity contribution in [3.8, 4) is 0 Å². The summed E-state index contributed by atoms with van der Waals surface area (Å²) in [6, 6.07) is 13.4. The van der Waals surface area contributed by atoms with Crippen molar-refractivity contribution >= 4 is 50.1 Å². The van der Waals surface area contributed by atoms with Crippen LogP contribution in [0.4, 0.5) is 5.69 Å². The van der Waals surface area contributed by atoms with Crippen molar-refractivity contribution in [2.45, 2.75) is 13.5 Å². The van der Waals surface area contributed by atoms with Crippen molar-refractivity contribution in [3.63, 3.8) is 0 Å². The Morgan fingerprint density at radius 1 is 1.29 bits per heavy atom. The first-order chi connectivity index (χ1) is 10.0. The fourth-order valence-electron chi connectivity index (χ4n) is 2.07. The quantitative estimate of drug-likeness (QED) is 0.548. The van der Waals surface area contributed by atoms with Gasteiger partial charge in [0, 0.05) is 26.8 Å². The third kappa shape index (κ3) is 4.20. The summed E-state index contributed by atoms with van der Waals surface area (Å²) >= 11 is 5.61. The van der Waals surface area contributed by atoms with Gasteiger partial charge in [-0.15, -0.1) is 0 Å². The lowest BCUT2D eigenvalue weighted by molar-refractivity contribution is 0.0751. The second-order valence-electron chi connectivity index (χ2n) is 4.69. The fourth-order valence-corrected chi connectivity index (χ4v) is 3.00. The second-order valence-corrected chi connectivity index (χ2v) is 6.77. The molecule has 0 spiro atoms. The average molecular weight is 459 g/mol. The summed E-state index contributed by atoms with van der Waals surface area (Å²) in [5.74, 6) is 0.0330. The van der Waals surface area contributed by atoms with E-state index in [1.54, 1.807) is 0 Å². The lowest BCUT2D eigenvalue weighted by Gasteiger charge is -2.22. The summed E-state index contributed by atoms with van der Waals surface area (Å²) in [4.78, 5) is 14.5. The highest BCUT2D eigenvalue weighted by atomic mass is 127. The summed E-state index contributed by atoms with van der Waals surface area (Å²) in [7, 11) is 0. The second kappa shape index (κ2) is 7.26. The van der Waals surface area contributed by atoms with Crippen molar-refractivity contribution in [2.24, 2.45) is 0 Å². The zero-order chi connectivity index (χ0) is 15.4. The molecule has 0 aromatic heterocycles. The summed E-state index contributed by atoms with van der Waals surface area (Å²) in [6.07, 6.45) is 0. The lowest BCUT2D eigenvalue weighted by atomic mass is 10.1. The molecule has 5 heteroatoms. The van der Waals surface area contributed by atoms with Crippen LogP contribution in [0.5, 0.6) is 0 Å². The largest absolute Gasteiger partial charge is 0.399 e. The number of amides is 1. The molecule has 0 unspecified atom stereocenters. The van der Waals surface area contributed by atoms with Gasteiger partial charge >= 0.3 is 0 Å². The van der Waals surface area contributed by atoms with E-state index < -0.39 is 0 Å². The third-order valence-corrected chi connectivity index (χ3v) is 4.59. The molecule has 0 radical (unpaired) electrons. The summed E-state index contributed by atoms with van der Waals surface area (Å²) in [5, 5.41) is 0. The highest BCUT2D eigenvalue weighted by Gasteiger charge is 2.17. The number of benzene rings is 2. The van der Waals surface area contributed by atoms with Gasteiger partial charge in [-0.1, -0.05) is 28.1 Å². The van der Waals surface area contributed by atoms with Crippen molar-refractivity contribution in [3.05, 3.63) is 61.6 Å². The number of rotatable bonds is 4. The van der Waals surface area contributed by atoms with E-state index >= 15 is 0 Å². The van der Waals surface area contributed by atoms with E-state index in [0.717, 1.165) is 19.2 Å². The number of carbonyl (C=O) groups is 1. The first-order valence-electron chi connectivity index (χ1n) is 6.60. The molecule has 110 valence electrons. The molecular weight excluding hydrogens is 443 g/mol. The highest BCUT2D eigenvalue weighted by molar-refractivity contribution is 14.1. The van der Waals surface area contributed by atoms with E-state index in [4.69, 9.17) is 5.73 Å². The predicted octanol–water partition coefficient (Wildman–Crippen LogP) is 4.30. The number of hydrogen-bond donors (Lipinski definition) is 1. The molecular formula is C16H16BrIN2O. The van der Waals surface area contributed by atoms with Gasteiger partial charge in [0.2, 0.25) is 0 Å². The minimum atomic E-state index is 0.0330. The number of hydrogen-bond acceptors (Lipinski definition) is 2. The number of nitrogens with zero attached hydrogens (tertiary/aromatic N) is 1. The standard InChI is InChI=1S/C16H16BrIN2O/c1-2-20(10-11-4-3-5-13(19)8-11)16(21)14-9-12(17)6-7-15(14)18/h3-9H,2,10,19H2,1H3. The Bertz CT molecular complexity index is 660. The minimum absolute atomic E-state index is 0.0330. The molecule has 3 nitrogen and oxygen atoms in total. The van der Waals surface area contributed by atoms with Gasteiger partial charge in [-0.25, -0.2) is 0 Å². The van der Waals surface area contributed by atoms with Crippen LogP contribution in [0.25, 0.3) is 0 Å². The van der Waals surface area contributed by atoms with E-state index in [1.807, 2.05) is 54.3 Å². The monoisotopic (exact) mass is 458 g/mol. The fraction of sp³-hybridized carbons (Fsp3) is 0.188. The third-order valence-electron chi connectivity index (χ3n) is 3.15. The van der Waals surface area contributed by atoms with Gasteiger partial charge in [-0.2, -0.15) is 0 Å². The molecule has 0 bridgehead atoms. The molecule has 0 saturated heterocycles. The van der Waals surface area contributed by atoms with Gasteiger partial charge in [0.1, 0.15) is 0 Å². The van der Waals surface area contributed by atoms with Crippen molar-refractivity contribution < 1.29 is 4.79 Å². The van der Waals surface area contributed by atoms with Crippen LogP contribution < -0.4 is 5.73 Å². The number of halogens is 2. The van der Waals surface area contributed by atoms with Crippen LogP contribution in [0.1, 0.15) is 22.8 Å². The van der Waals surface area contributed by atoms with E-state index in [0.29, 0.717) is 18.8 Å². The van der Waals surface area contributed by atoms with Crippen molar-refractivity contribution in [1.29, 1.82) is 0 Å². The van der Waals surface area contributed by atoms with Gasteiger partial charge in [0.15, 0.2) is 0 Å². The van der Waals surface area contributed by atoms with Gasteiger partial charge in [0.05, 0.1) is 5.56 Å². The van der Waals surface area contributed by atoms with Crippen molar-refractivity contribution in [2.75, 3.05) is 12.3 Å². The van der Waals surface area contributed by atoms with Crippen LogP contribution in [0.2, 0.25) is 0 Å². The molecule has 0 aliphatic carbocycles. The molecule has 1 amide bonds. The normalized spacial score (nSPS) is 10.4. The maximum Gasteiger partial charge on any atom is 0.255 e. The summed E-state index contributed by atoms with van der Waals surface area (Å²) in [5.41, 5.74) is 8.27. The Morgan fingerprint density at radius 3 is 2.71 bits per heavy atom. The van der Waals surface area contributed by atoms with Crippen LogP contribution in [0.3, 0.4) is 0 Å². The zero-order valence-corrected chi connectivity index (χ0v) is 15.4. The Balaban J connectivity index is 2.24. The Hall–Kier alpha value is -1.08. The zero-order valence-electron chi connectivity index (χ0n) is 11.6. The Kier molecular flexibility index (Phi) is 5.64. The molecule has 2 aromatic rings. The Labute approximate surface area is 146 Å². The minimum Gasteiger partial charge on any atom is -0.399 e. The van der Waals surface area contributed by atoms with E-state index in [2.05, 4.69) is 38.5 Å². The summed E-state index contributed by atoms with van der Waals surface area (Å²) < 4.78 is 1.86. The maximum absolute atomic E-state index is 12.7. The van der Waals surface area contributed by atoms with E-state index in [9.17, 15) is 4.79 Å². The smallest absolute Gasteiger partial charge is 0.255 e. The van der Waals surface area contributed by atoms with Gasteiger partial charge in [0.25, 0.3) is 5.91 Å². The van der Waals surface area contributed by atoms with Crippen LogP contribution in [0, 0.1) is 3.57 Å². The topological polar surface area (TPSA) is 46.3 Å². The molecule has 21 heavy (non-hydrogen) atoms. The average Bonchev–Trinajstić information content (AvgIpc) is 2.46.